The summed E-state index contributed by atoms with van der Waals surface area (Å²) in [4.78, 5) is 14.5. The van der Waals surface area contributed by atoms with Crippen LogP contribution < -0.4 is 14.7 Å². The fraction of sp³-hybridized carbons (Fsp3) is 0.320. The molecule has 160 valence electrons. The zero-order valence-electron chi connectivity index (χ0n) is 17.6. The normalized spacial score (nSPS) is 22.2. The van der Waals surface area contributed by atoms with E-state index in [1.807, 2.05) is 24.3 Å². The van der Waals surface area contributed by atoms with E-state index in [1.54, 1.807) is 19.1 Å². The Kier molecular flexibility index (Phi) is 5.15. The molecule has 2 aliphatic rings. The molecule has 0 bridgehead atoms. The first-order valence-electron chi connectivity index (χ1n) is 10.7. The smallest absolute Gasteiger partial charge is 0.232 e. The van der Waals surface area contributed by atoms with Gasteiger partial charge in [0.25, 0.3) is 0 Å². The number of piperidine rings is 1. The second-order valence-corrected chi connectivity index (χ2v) is 9.54. The Hall–Kier alpha value is -2.57. The number of allylic oxidation sites excluding steroid dienone is 1. The Labute approximate surface area is 189 Å². The number of fused-ring (bicyclic) bond motifs is 2. The highest BCUT2D eigenvalue weighted by atomic mass is 79.9. The Morgan fingerprint density at radius 2 is 2.10 bits per heavy atom. The first kappa shape index (κ1) is 20.3. The molecule has 0 amide bonds. The second-order valence-electron chi connectivity index (χ2n) is 8.63. The predicted molar refractivity (Wildman–Crippen MR) is 120 cm³/mol. The van der Waals surface area contributed by atoms with Crippen LogP contribution in [0.5, 0.6) is 11.5 Å². The summed E-state index contributed by atoms with van der Waals surface area (Å²) in [6.07, 6.45) is 5.18. The molecule has 6 heteroatoms. The van der Waals surface area contributed by atoms with E-state index in [9.17, 15) is 9.90 Å². The third kappa shape index (κ3) is 3.68. The van der Waals surface area contributed by atoms with E-state index in [0.29, 0.717) is 40.8 Å². The zero-order valence-corrected chi connectivity index (χ0v) is 19.2. The molecule has 5 rings (SSSR count). The van der Waals surface area contributed by atoms with Crippen molar-refractivity contribution in [1.29, 1.82) is 0 Å². The Bertz CT molecular complexity index is 1230. The van der Waals surface area contributed by atoms with Gasteiger partial charge in [-0.3, -0.25) is 4.79 Å². The first-order valence-corrected chi connectivity index (χ1v) is 11.5. The van der Waals surface area contributed by atoms with E-state index in [4.69, 9.17) is 9.15 Å². The van der Waals surface area contributed by atoms with Crippen LogP contribution in [0.2, 0.25) is 0 Å². The van der Waals surface area contributed by atoms with Gasteiger partial charge in [-0.1, -0.05) is 27.7 Å². The van der Waals surface area contributed by atoms with Gasteiger partial charge in [0.2, 0.25) is 5.78 Å². The molecular formula is C25H24BrNO4. The van der Waals surface area contributed by atoms with Gasteiger partial charge in [-0.25, -0.2) is 0 Å². The average Bonchev–Trinajstić information content (AvgIpc) is 3.27. The average molecular weight is 482 g/mol. The van der Waals surface area contributed by atoms with Crippen LogP contribution in [0.15, 0.2) is 45.0 Å². The van der Waals surface area contributed by atoms with Crippen molar-refractivity contribution < 1.29 is 24.0 Å². The highest BCUT2D eigenvalue weighted by Gasteiger charge is 2.34. The number of hydrogen-bond acceptors (Lipinski definition) is 4. The Balaban J connectivity index is 1.51. The largest absolute Gasteiger partial charge is 0.872 e. The number of hydrogen-bond donors (Lipinski definition) is 1. The van der Waals surface area contributed by atoms with E-state index in [0.717, 1.165) is 34.8 Å². The summed E-state index contributed by atoms with van der Waals surface area (Å²) >= 11 is 3.46. The maximum Gasteiger partial charge on any atom is 0.232 e. The number of furan rings is 1. The number of ketones is 1. The molecule has 2 aliphatic heterocycles. The lowest BCUT2D eigenvalue weighted by atomic mass is 9.97. The highest BCUT2D eigenvalue weighted by molar-refractivity contribution is 9.10. The molecule has 1 aromatic heterocycles. The van der Waals surface area contributed by atoms with E-state index >= 15 is 0 Å². The third-order valence-corrected chi connectivity index (χ3v) is 6.95. The lowest BCUT2D eigenvalue weighted by Crippen LogP contribution is -3.14. The Morgan fingerprint density at radius 1 is 1.26 bits per heavy atom. The van der Waals surface area contributed by atoms with Crippen molar-refractivity contribution in [3.63, 3.8) is 0 Å². The molecule has 2 unspecified atom stereocenters. The number of nitrogens with one attached hydrogen (secondary N) is 1. The second kappa shape index (κ2) is 7.84. The van der Waals surface area contributed by atoms with Crippen molar-refractivity contribution >= 4 is 38.8 Å². The minimum absolute atomic E-state index is 0.0517. The number of Topliss-reactive ketones (excluding diaryl/α,β-unsaturated/α-hetero) is 1. The molecule has 0 spiro atoms. The van der Waals surface area contributed by atoms with Crippen molar-refractivity contribution in [2.45, 2.75) is 45.7 Å². The van der Waals surface area contributed by atoms with Crippen LogP contribution in [0.25, 0.3) is 17.0 Å². The maximum atomic E-state index is 13.2. The Morgan fingerprint density at radius 3 is 2.90 bits per heavy atom. The molecule has 3 heterocycles. The minimum Gasteiger partial charge on any atom is -0.872 e. The SMILES string of the molecule is Cc1cc([O-])c(C[NH+]2CCCCC2C)c2c1C(=O)/C(=C/c1cc3cc(Br)ccc3o1)O2. The maximum absolute atomic E-state index is 13.2. The van der Waals surface area contributed by atoms with Gasteiger partial charge >= 0.3 is 0 Å². The van der Waals surface area contributed by atoms with Crippen LogP contribution in [0.4, 0.5) is 0 Å². The van der Waals surface area contributed by atoms with Gasteiger partial charge in [0, 0.05) is 21.5 Å². The number of aryl methyl sites for hydroxylation is 1. The first-order chi connectivity index (χ1) is 14.9. The summed E-state index contributed by atoms with van der Waals surface area (Å²) in [5.74, 6) is 0.928. The fourth-order valence-corrected chi connectivity index (χ4v) is 5.09. The van der Waals surface area contributed by atoms with Crippen LogP contribution in [-0.2, 0) is 6.54 Å². The lowest BCUT2D eigenvalue weighted by Gasteiger charge is -2.32. The summed E-state index contributed by atoms with van der Waals surface area (Å²) in [6.45, 7) is 5.64. The number of benzene rings is 2. The lowest BCUT2D eigenvalue weighted by molar-refractivity contribution is -0.942. The molecule has 0 aliphatic carbocycles. The summed E-state index contributed by atoms with van der Waals surface area (Å²) in [5.41, 5.74) is 2.50. The topological polar surface area (TPSA) is 66.9 Å². The molecule has 1 N–H and O–H groups in total. The number of carbonyl (C=O) groups excluding carboxylic acids is 1. The van der Waals surface area contributed by atoms with Crippen LogP contribution in [0.3, 0.4) is 0 Å². The van der Waals surface area contributed by atoms with Crippen molar-refractivity contribution in [2.24, 2.45) is 0 Å². The summed E-state index contributed by atoms with van der Waals surface area (Å²) in [5, 5.41) is 13.8. The van der Waals surface area contributed by atoms with Gasteiger partial charge in [-0.2, -0.15) is 0 Å². The molecular weight excluding hydrogens is 458 g/mol. The van der Waals surface area contributed by atoms with Crippen molar-refractivity contribution in [3.05, 3.63) is 63.0 Å². The number of carbonyl (C=O) groups is 1. The molecule has 3 aromatic rings. The number of rotatable bonds is 3. The quantitative estimate of drug-likeness (QED) is 0.570. The number of ether oxygens (including phenoxy) is 1. The number of halogens is 1. The fourth-order valence-electron chi connectivity index (χ4n) is 4.71. The van der Waals surface area contributed by atoms with Crippen molar-refractivity contribution in [2.75, 3.05) is 6.54 Å². The van der Waals surface area contributed by atoms with Gasteiger partial charge in [0.1, 0.15) is 23.6 Å². The summed E-state index contributed by atoms with van der Waals surface area (Å²) in [7, 11) is 0. The molecule has 1 fully saturated rings. The summed E-state index contributed by atoms with van der Waals surface area (Å²) in [6, 6.07) is 9.69. The monoisotopic (exact) mass is 481 g/mol. The van der Waals surface area contributed by atoms with Crippen LogP contribution in [-0.4, -0.2) is 18.4 Å². The van der Waals surface area contributed by atoms with E-state index < -0.39 is 0 Å². The highest BCUT2D eigenvalue weighted by Crippen LogP contribution is 2.41. The van der Waals surface area contributed by atoms with Gasteiger partial charge in [-0.15, -0.1) is 0 Å². The van der Waals surface area contributed by atoms with E-state index in [2.05, 4.69) is 22.9 Å². The minimum atomic E-state index is -0.197. The number of quaternary nitrogens is 1. The standard InChI is InChI=1S/C25H24BrNO4/c1-14-9-20(28)19(13-27-8-4-3-5-15(27)2)25-23(14)24(29)22(31-25)12-18-11-16-10-17(26)6-7-21(16)30-18/h6-7,9-12,15,28H,3-5,8,13H2,1-2H3/b22-12-. The van der Waals surface area contributed by atoms with Gasteiger partial charge in [0.15, 0.2) is 5.76 Å². The van der Waals surface area contributed by atoms with Crippen molar-refractivity contribution in [3.8, 4) is 11.5 Å². The number of likely N-dealkylation sites (tertiary alicyclic amines) is 1. The molecule has 1 saturated heterocycles. The van der Waals surface area contributed by atoms with Gasteiger partial charge < -0.3 is 19.2 Å². The van der Waals surface area contributed by atoms with Crippen LogP contribution in [0.1, 0.15) is 53.4 Å². The van der Waals surface area contributed by atoms with Crippen molar-refractivity contribution in [1.82, 2.24) is 0 Å². The molecule has 31 heavy (non-hydrogen) atoms. The summed E-state index contributed by atoms with van der Waals surface area (Å²) < 4.78 is 12.9. The van der Waals surface area contributed by atoms with E-state index in [1.165, 1.54) is 11.3 Å². The molecule has 0 saturated carbocycles. The predicted octanol–water partition coefficient (Wildman–Crippen LogP) is 4.15. The third-order valence-electron chi connectivity index (χ3n) is 6.46. The molecule has 5 nitrogen and oxygen atoms in total. The molecule has 2 aromatic carbocycles. The molecule has 0 radical (unpaired) electrons. The molecule has 2 atom stereocenters. The van der Waals surface area contributed by atoms with Gasteiger partial charge in [0.05, 0.1) is 18.2 Å². The van der Waals surface area contributed by atoms with Gasteiger partial charge in [-0.05, 0) is 62.9 Å². The zero-order chi connectivity index (χ0) is 21.7. The van der Waals surface area contributed by atoms with Crippen LogP contribution in [0, 0.1) is 6.92 Å². The van der Waals surface area contributed by atoms with E-state index in [-0.39, 0.29) is 17.3 Å². The van der Waals surface area contributed by atoms with Crippen LogP contribution >= 0.6 is 15.9 Å².